The van der Waals surface area contributed by atoms with Crippen molar-refractivity contribution in [1.29, 1.82) is 0 Å². The molecule has 4 nitrogen and oxygen atoms in total. The average Bonchev–Trinajstić information content (AvgIpc) is 2.46. The van der Waals surface area contributed by atoms with E-state index < -0.39 is 0 Å². The molecule has 0 atom stereocenters. The minimum atomic E-state index is 0.0382. The summed E-state index contributed by atoms with van der Waals surface area (Å²) in [6.07, 6.45) is 5.26. The summed E-state index contributed by atoms with van der Waals surface area (Å²) in [5.41, 5.74) is 1.82. The maximum atomic E-state index is 11.7. The zero-order valence-corrected chi connectivity index (χ0v) is 11.2. The molecule has 0 aliphatic rings. The van der Waals surface area contributed by atoms with Crippen LogP contribution in [-0.4, -0.2) is 22.3 Å². The van der Waals surface area contributed by atoms with Crippen LogP contribution in [0.4, 0.5) is 5.82 Å². The van der Waals surface area contributed by atoms with Crippen LogP contribution in [0.2, 0.25) is 0 Å². The van der Waals surface area contributed by atoms with E-state index in [0.29, 0.717) is 5.56 Å². The molecule has 0 spiro atoms. The molecule has 0 radical (unpaired) electrons. The number of ketones is 1. The number of carbonyl (C=O) groups is 1. The van der Waals surface area contributed by atoms with Gasteiger partial charge in [0, 0.05) is 31.7 Å². The third-order valence-electron chi connectivity index (χ3n) is 2.97. The smallest absolute Gasteiger partial charge is 0.163 e. The summed E-state index contributed by atoms with van der Waals surface area (Å²) in [5, 5.41) is 0. The molecule has 0 aromatic carbocycles. The summed E-state index contributed by atoms with van der Waals surface area (Å²) >= 11 is 0. The SMILES string of the molecule is CCN(Cc1ccncc1)c1ncccc1C(C)=O. The second-order valence-electron chi connectivity index (χ2n) is 4.30. The van der Waals surface area contributed by atoms with E-state index in [2.05, 4.69) is 21.8 Å². The van der Waals surface area contributed by atoms with Crippen molar-refractivity contribution in [3.63, 3.8) is 0 Å². The molecule has 2 heterocycles. The molecule has 2 aromatic rings. The number of hydrogen-bond donors (Lipinski definition) is 0. The fraction of sp³-hybridized carbons (Fsp3) is 0.267. The van der Waals surface area contributed by atoms with Gasteiger partial charge in [0.25, 0.3) is 0 Å². The molecule has 0 aliphatic carbocycles. The summed E-state index contributed by atoms with van der Waals surface area (Å²) in [5.74, 6) is 0.783. The van der Waals surface area contributed by atoms with Gasteiger partial charge in [0.2, 0.25) is 0 Å². The van der Waals surface area contributed by atoms with Crippen LogP contribution in [0.3, 0.4) is 0 Å². The van der Waals surface area contributed by atoms with Crippen LogP contribution in [0.5, 0.6) is 0 Å². The van der Waals surface area contributed by atoms with Crippen molar-refractivity contribution >= 4 is 11.6 Å². The molecule has 0 N–H and O–H groups in total. The number of nitrogens with zero attached hydrogens (tertiary/aromatic N) is 3. The van der Waals surface area contributed by atoms with E-state index in [0.717, 1.165) is 24.5 Å². The molecular formula is C15H17N3O. The lowest BCUT2D eigenvalue weighted by molar-refractivity contribution is 0.101. The summed E-state index contributed by atoms with van der Waals surface area (Å²) < 4.78 is 0. The van der Waals surface area contributed by atoms with Crippen LogP contribution < -0.4 is 4.90 Å². The molecule has 4 heteroatoms. The quantitative estimate of drug-likeness (QED) is 0.771. The Morgan fingerprint density at radius 1 is 1.21 bits per heavy atom. The van der Waals surface area contributed by atoms with E-state index in [1.54, 1.807) is 31.6 Å². The fourth-order valence-electron chi connectivity index (χ4n) is 1.97. The van der Waals surface area contributed by atoms with E-state index in [1.807, 2.05) is 18.2 Å². The van der Waals surface area contributed by atoms with Gasteiger partial charge in [-0.05, 0) is 43.7 Å². The zero-order valence-electron chi connectivity index (χ0n) is 11.2. The minimum absolute atomic E-state index is 0.0382. The maximum absolute atomic E-state index is 11.7. The molecule has 0 unspecified atom stereocenters. The highest BCUT2D eigenvalue weighted by Gasteiger charge is 2.14. The third-order valence-corrected chi connectivity index (χ3v) is 2.97. The molecule has 2 aromatic heterocycles. The Hall–Kier alpha value is -2.23. The van der Waals surface area contributed by atoms with Crippen molar-refractivity contribution in [2.75, 3.05) is 11.4 Å². The molecule has 2 rings (SSSR count). The summed E-state index contributed by atoms with van der Waals surface area (Å²) in [4.78, 5) is 22.1. The predicted molar refractivity (Wildman–Crippen MR) is 75.2 cm³/mol. The number of Topliss-reactive ketones (excluding diaryl/α,β-unsaturated/α-hetero) is 1. The topological polar surface area (TPSA) is 46.1 Å². The number of rotatable bonds is 5. The van der Waals surface area contributed by atoms with Gasteiger partial charge in [-0.1, -0.05) is 0 Å². The van der Waals surface area contributed by atoms with Gasteiger partial charge >= 0.3 is 0 Å². The molecule has 0 saturated heterocycles. The highest BCUT2D eigenvalue weighted by Crippen LogP contribution is 2.19. The van der Waals surface area contributed by atoms with Gasteiger partial charge < -0.3 is 4.90 Å². The van der Waals surface area contributed by atoms with Crippen LogP contribution in [0.15, 0.2) is 42.9 Å². The van der Waals surface area contributed by atoms with Crippen molar-refractivity contribution in [1.82, 2.24) is 9.97 Å². The summed E-state index contributed by atoms with van der Waals surface area (Å²) in [7, 11) is 0. The molecule has 98 valence electrons. The van der Waals surface area contributed by atoms with Crippen LogP contribution in [0.1, 0.15) is 29.8 Å². The Labute approximate surface area is 113 Å². The van der Waals surface area contributed by atoms with Gasteiger partial charge in [-0.3, -0.25) is 9.78 Å². The first-order valence-electron chi connectivity index (χ1n) is 6.32. The number of anilines is 1. The van der Waals surface area contributed by atoms with E-state index in [9.17, 15) is 4.79 Å². The van der Waals surface area contributed by atoms with Crippen LogP contribution in [0.25, 0.3) is 0 Å². The van der Waals surface area contributed by atoms with Gasteiger partial charge in [0.1, 0.15) is 5.82 Å². The first-order valence-corrected chi connectivity index (χ1v) is 6.32. The maximum Gasteiger partial charge on any atom is 0.163 e. The molecule has 0 aliphatic heterocycles. The summed E-state index contributed by atoms with van der Waals surface area (Å²) in [6.45, 7) is 5.14. The Bertz CT molecular complexity index is 554. The highest BCUT2D eigenvalue weighted by molar-refractivity contribution is 5.98. The van der Waals surface area contributed by atoms with Crippen LogP contribution in [0, 0.1) is 0 Å². The minimum Gasteiger partial charge on any atom is -0.352 e. The number of hydrogen-bond acceptors (Lipinski definition) is 4. The van der Waals surface area contributed by atoms with Gasteiger partial charge in [-0.25, -0.2) is 4.98 Å². The first kappa shape index (κ1) is 13.2. The Morgan fingerprint density at radius 3 is 2.58 bits per heavy atom. The normalized spacial score (nSPS) is 10.2. The van der Waals surface area contributed by atoms with Crippen molar-refractivity contribution in [2.45, 2.75) is 20.4 Å². The molecule has 0 fully saturated rings. The summed E-state index contributed by atoms with van der Waals surface area (Å²) in [6, 6.07) is 7.55. The molecule has 0 saturated carbocycles. The Morgan fingerprint density at radius 2 is 1.95 bits per heavy atom. The molecule has 0 bridgehead atoms. The molecular weight excluding hydrogens is 238 g/mol. The van der Waals surface area contributed by atoms with Gasteiger partial charge in [0.05, 0.1) is 5.56 Å². The van der Waals surface area contributed by atoms with Crippen molar-refractivity contribution in [3.05, 3.63) is 54.0 Å². The van der Waals surface area contributed by atoms with E-state index in [4.69, 9.17) is 0 Å². The van der Waals surface area contributed by atoms with E-state index >= 15 is 0 Å². The zero-order chi connectivity index (χ0) is 13.7. The lowest BCUT2D eigenvalue weighted by Crippen LogP contribution is -2.25. The predicted octanol–water partition coefficient (Wildman–Crippen LogP) is 2.71. The van der Waals surface area contributed by atoms with Crippen molar-refractivity contribution in [3.8, 4) is 0 Å². The lowest BCUT2D eigenvalue weighted by Gasteiger charge is -2.23. The monoisotopic (exact) mass is 255 g/mol. The molecule has 19 heavy (non-hydrogen) atoms. The van der Waals surface area contributed by atoms with Crippen LogP contribution >= 0.6 is 0 Å². The largest absolute Gasteiger partial charge is 0.352 e. The second kappa shape index (κ2) is 6.09. The Kier molecular flexibility index (Phi) is 4.23. The van der Waals surface area contributed by atoms with E-state index in [-0.39, 0.29) is 5.78 Å². The number of carbonyl (C=O) groups excluding carboxylic acids is 1. The average molecular weight is 255 g/mol. The highest BCUT2D eigenvalue weighted by atomic mass is 16.1. The molecule has 0 amide bonds. The lowest BCUT2D eigenvalue weighted by atomic mass is 10.1. The van der Waals surface area contributed by atoms with Gasteiger partial charge in [-0.2, -0.15) is 0 Å². The Balaban J connectivity index is 2.30. The van der Waals surface area contributed by atoms with Gasteiger partial charge in [0.15, 0.2) is 5.78 Å². The van der Waals surface area contributed by atoms with Crippen molar-refractivity contribution < 1.29 is 4.79 Å². The number of pyridine rings is 2. The second-order valence-corrected chi connectivity index (χ2v) is 4.30. The van der Waals surface area contributed by atoms with Gasteiger partial charge in [-0.15, -0.1) is 0 Å². The first-order chi connectivity index (χ1) is 9.22. The third kappa shape index (κ3) is 3.16. The fourth-order valence-corrected chi connectivity index (χ4v) is 1.97. The van der Waals surface area contributed by atoms with Crippen LogP contribution in [-0.2, 0) is 6.54 Å². The standard InChI is InChI=1S/C15H17N3O/c1-3-18(11-13-6-9-16-10-7-13)15-14(12(2)19)5-4-8-17-15/h4-10H,3,11H2,1-2H3. The van der Waals surface area contributed by atoms with Crippen molar-refractivity contribution in [2.24, 2.45) is 0 Å². The van der Waals surface area contributed by atoms with E-state index in [1.165, 1.54) is 0 Å². The number of aromatic nitrogens is 2.